The molecule has 0 N–H and O–H groups in total. The number of aromatic nitrogens is 1. The van der Waals surface area contributed by atoms with Crippen LogP contribution in [-0.4, -0.2) is 48.1 Å². The van der Waals surface area contributed by atoms with E-state index >= 15 is 0 Å². The SMILES string of the molecule is COc1ccc(-c2cnc(CN3CCN(Cc4cccc(Cl)c4)CC3)o2)cc1. The van der Waals surface area contributed by atoms with Crippen molar-refractivity contribution in [2.45, 2.75) is 13.1 Å². The Morgan fingerprint density at radius 3 is 2.39 bits per heavy atom. The molecule has 0 amide bonds. The van der Waals surface area contributed by atoms with Gasteiger partial charge >= 0.3 is 0 Å². The molecule has 6 heteroatoms. The normalized spacial score (nSPS) is 15.6. The Kier molecular flexibility index (Phi) is 5.95. The summed E-state index contributed by atoms with van der Waals surface area (Å²) in [4.78, 5) is 9.30. The molecule has 0 unspecified atom stereocenters. The van der Waals surface area contributed by atoms with Crippen molar-refractivity contribution in [2.24, 2.45) is 0 Å². The zero-order valence-corrected chi connectivity index (χ0v) is 16.7. The Morgan fingerprint density at radius 2 is 1.71 bits per heavy atom. The Hall–Kier alpha value is -2.34. The summed E-state index contributed by atoms with van der Waals surface area (Å²) in [6.45, 7) is 5.73. The quantitative estimate of drug-likeness (QED) is 0.619. The zero-order valence-electron chi connectivity index (χ0n) is 16.0. The molecule has 1 fully saturated rings. The molecule has 0 atom stereocenters. The highest BCUT2D eigenvalue weighted by atomic mass is 35.5. The maximum absolute atomic E-state index is 6.09. The predicted molar refractivity (Wildman–Crippen MR) is 110 cm³/mol. The summed E-state index contributed by atoms with van der Waals surface area (Å²) in [7, 11) is 1.66. The first-order chi connectivity index (χ1) is 13.7. The smallest absolute Gasteiger partial charge is 0.209 e. The predicted octanol–water partition coefficient (Wildman–Crippen LogP) is 4.32. The van der Waals surface area contributed by atoms with Crippen LogP contribution in [0.5, 0.6) is 5.75 Å². The highest BCUT2D eigenvalue weighted by Crippen LogP contribution is 2.24. The summed E-state index contributed by atoms with van der Waals surface area (Å²) in [5, 5.41) is 0.799. The van der Waals surface area contributed by atoms with E-state index in [2.05, 4.69) is 20.9 Å². The lowest BCUT2D eigenvalue weighted by molar-refractivity contribution is 0.114. The molecule has 1 aliphatic rings. The fourth-order valence-corrected chi connectivity index (χ4v) is 3.68. The van der Waals surface area contributed by atoms with Gasteiger partial charge in [-0.15, -0.1) is 0 Å². The minimum atomic E-state index is 0.737. The fraction of sp³-hybridized carbons (Fsp3) is 0.318. The number of benzene rings is 2. The standard InChI is InChI=1S/C22H24ClN3O2/c1-27-20-7-5-18(6-8-20)21-14-24-22(28-21)16-26-11-9-25(10-12-26)15-17-3-2-4-19(23)13-17/h2-8,13-14H,9-12,15-16H2,1H3. The molecule has 28 heavy (non-hydrogen) atoms. The number of hydrogen-bond acceptors (Lipinski definition) is 5. The van der Waals surface area contributed by atoms with Crippen LogP contribution < -0.4 is 4.74 Å². The van der Waals surface area contributed by atoms with Crippen molar-refractivity contribution in [3.8, 4) is 17.1 Å². The maximum atomic E-state index is 6.09. The number of methoxy groups -OCH3 is 1. The fourth-order valence-electron chi connectivity index (χ4n) is 3.46. The van der Waals surface area contributed by atoms with E-state index in [1.165, 1.54) is 5.56 Å². The molecule has 1 saturated heterocycles. The first-order valence-electron chi connectivity index (χ1n) is 9.48. The summed E-state index contributed by atoms with van der Waals surface area (Å²) in [5.74, 6) is 2.38. The molecule has 146 valence electrons. The summed E-state index contributed by atoms with van der Waals surface area (Å²) in [6, 6.07) is 15.9. The minimum absolute atomic E-state index is 0.737. The van der Waals surface area contributed by atoms with Gasteiger partial charge in [0.2, 0.25) is 5.89 Å². The third-order valence-corrected chi connectivity index (χ3v) is 5.28. The Bertz CT molecular complexity index is 902. The van der Waals surface area contributed by atoms with E-state index in [1.54, 1.807) is 13.3 Å². The average Bonchev–Trinajstić information content (AvgIpc) is 3.18. The second-order valence-corrected chi connectivity index (χ2v) is 7.47. The Morgan fingerprint density at radius 1 is 1.00 bits per heavy atom. The Labute approximate surface area is 170 Å². The largest absolute Gasteiger partial charge is 0.497 e. The van der Waals surface area contributed by atoms with E-state index in [0.717, 1.165) is 67.3 Å². The van der Waals surface area contributed by atoms with Gasteiger partial charge in [0.1, 0.15) is 5.75 Å². The van der Waals surface area contributed by atoms with Gasteiger partial charge < -0.3 is 9.15 Å². The second kappa shape index (κ2) is 8.78. The third-order valence-electron chi connectivity index (χ3n) is 5.05. The number of nitrogens with zero attached hydrogens (tertiary/aromatic N) is 3. The zero-order chi connectivity index (χ0) is 19.3. The number of ether oxygens (including phenoxy) is 1. The molecule has 0 aliphatic carbocycles. The van der Waals surface area contributed by atoms with Crippen LogP contribution in [0.4, 0.5) is 0 Å². The first-order valence-corrected chi connectivity index (χ1v) is 9.86. The number of halogens is 1. The molecule has 3 aromatic rings. The van der Waals surface area contributed by atoms with Gasteiger partial charge in [-0.25, -0.2) is 4.98 Å². The molecule has 1 aromatic heterocycles. The van der Waals surface area contributed by atoms with Gasteiger partial charge in [0.05, 0.1) is 19.9 Å². The second-order valence-electron chi connectivity index (χ2n) is 7.03. The van der Waals surface area contributed by atoms with E-state index in [9.17, 15) is 0 Å². The number of hydrogen-bond donors (Lipinski definition) is 0. The van der Waals surface area contributed by atoms with E-state index in [1.807, 2.05) is 42.5 Å². The van der Waals surface area contributed by atoms with Gasteiger partial charge in [-0.2, -0.15) is 0 Å². The molecular formula is C22H24ClN3O2. The molecule has 2 aromatic carbocycles. The highest BCUT2D eigenvalue weighted by molar-refractivity contribution is 6.30. The molecule has 0 bridgehead atoms. The van der Waals surface area contributed by atoms with Gasteiger partial charge in [0.15, 0.2) is 5.76 Å². The minimum Gasteiger partial charge on any atom is -0.497 e. The van der Waals surface area contributed by atoms with E-state index in [-0.39, 0.29) is 0 Å². The van der Waals surface area contributed by atoms with Crippen LogP contribution in [-0.2, 0) is 13.1 Å². The topological polar surface area (TPSA) is 41.7 Å². The molecule has 0 radical (unpaired) electrons. The van der Waals surface area contributed by atoms with Crippen LogP contribution >= 0.6 is 11.6 Å². The summed E-state index contributed by atoms with van der Waals surface area (Å²) >= 11 is 6.09. The summed E-state index contributed by atoms with van der Waals surface area (Å²) < 4.78 is 11.2. The molecule has 2 heterocycles. The first kappa shape index (κ1) is 19.0. The van der Waals surface area contributed by atoms with E-state index in [4.69, 9.17) is 20.8 Å². The van der Waals surface area contributed by atoms with Gasteiger partial charge in [-0.1, -0.05) is 23.7 Å². The van der Waals surface area contributed by atoms with Gasteiger partial charge in [0, 0.05) is 43.3 Å². The molecule has 5 nitrogen and oxygen atoms in total. The van der Waals surface area contributed by atoms with Crippen molar-refractivity contribution < 1.29 is 9.15 Å². The van der Waals surface area contributed by atoms with Crippen LogP contribution in [0, 0.1) is 0 Å². The van der Waals surface area contributed by atoms with Crippen LogP contribution in [0.2, 0.25) is 5.02 Å². The number of rotatable bonds is 6. The third kappa shape index (κ3) is 4.73. The van der Waals surface area contributed by atoms with Crippen LogP contribution in [0.1, 0.15) is 11.5 Å². The van der Waals surface area contributed by atoms with Gasteiger partial charge in [0.25, 0.3) is 0 Å². The van der Waals surface area contributed by atoms with E-state index < -0.39 is 0 Å². The van der Waals surface area contributed by atoms with Crippen LogP contribution in [0.3, 0.4) is 0 Å². The lowest BCUT2D eigenvalue weighted by atomic mass is 10.2. The molecule has 0 spiro atoms. The maximum Gasteiger partial charge on any atom is 0.209 e. The van der Waals surface area contributed by atoms with Crippen molar-refractivity contribution >= 4 is 11.6 Å². The summed E-state index contributed by atoms with van der Waals surface area (Å²) in [6.07, 6.45) is 1.80. The molecule has 1 aliphatic heterocycles. The van der Waals surface area contributed by atoms with Crippen LogP contribution in [0.15, 0.2) is 59.1 Å². The highest BCUT2D eigenvalue weighted by Gasteiger charge is 2.19. The molecule has 4 rings (SSSR count). The number of oxazole rings is 1. The van der Waals surface area contributed by atoms with E-state index in [0.29, 0.717) is 0 Å². The monoisotopic (exact) mass is 397 g/mol. The van der Waals surface area contributed by atoms with Crippen molar-refractivity contribution in [3.05, 3.63) is 71.2 Å². The summed E-state index contributed by atoms with van der Waals surface area (Å²) in [5.41, 5.74) is 2.27. The van der Waals surface area contributed by atoms with Gasteiger partial charge in [-0.3, -0.25) is 9.80 Å². The van der Waals surface area contributed by atoms with Gasteiger partial charge in [-0.05, 0) is 42.0 Å². The average molecular weight is 398 g/mol. The molecular weight excluding hydrogens is 374 g/mol. The van der Waals surface area contributed by atoms with Crippen molar-refractivity contribution in [1.29, 1.82) is 0 Å². The lowest BCUT2D eigenvalue weighted by Gasteiger charge is -2.34. The van der Waals surface area contributed by atoms with Crippen molar-refractivity contribution in [3.63, 3.8) is 0 Å². The van der Waals surface area contributed by atoms with Crippen molar-refractivity contribution in [2.75, 3.05) is 33.3 Å². The van der Waals surface area contributed by atoms with Crippen LogP contribution in [0.25, 0.3) is 11.3 Å². The molecule has 0 saturated carbocycles. The van der Waals surface area contributed by atoms with Crippen molar-refractivity contribution in [1.82, 2.24) is 14.8 Å². The lowest BCUT2D eigenvalue weighted by Crippen LogP contribution is -2.45. The Balaban J connectivity index is 1.29. The number of piperazine rings is 1.